The Kier molecular flexibility index (Phi) is 42.0. The SMILES string of the molecule is CCCCC/C=C/C=C/CCCCCCCCC(=O)OC(COCCC(C(=O)O)[N+](C)(C)C)COC(=O)CCCCCCCCC/C=C/C/C=C/CCCCCCCCCC. The molecule has 8 heteroatoms. The molecule has 0 rings (SSSR count). The Morgan fingerprint density at radius 2 is 0.918 bits per heavy atom. The van der Waals surface area contributed by atoms with Gasteiger partial charge in [-0.1, -0.05) is 178 Å². The van der Waals surface area contributed by atoms with E-state index >= 15 is 0 Å². The standard InChI is InChI=1S/C53H95NO7/c1-6-8-10-12-14-16-18-20-22-23-24-25-26-27-28-30-31-33-35-37-39-41-43-51(55)60-48-49(47-59-46-45-50(53(57)58)54(3,4)5)61-52(56)44-42-40-38-36-34-32-29-21-19-17-15-13-11-9-7-2/h15,17,19,21,23-24,26-27,49-50H,6-14,16,18,20,22,25,28-48H2,1-5H3/p+1/b17-15+,21-19+,24-23+,27-26+. The van der Waals surface area contributed by atoms with Crippen LogP contribution < -0.4 is 0 Å². The minimum absolute atomic E-state index is 0.0534. The topological polar surface area (TPSA) is 99.1 Å². The predicted molar refractivity (Wildman–Crippen MR) is 257 cm³/mol. The van der Waals surface area contributed by atoms with E-state index in [4.69, 9.17) is 14.2 Å². The van der Waals surface area contributed by atoms with Crippen molar-refractivity contribution in [2.24, 2.45) is 0 Å². The van der Waals surface area contributed by atoms with Crippen LogP contribution >= 0.6 is 0 Å². The van der Waals surface area contributed by atoms with Crippen LogP contribution in [0, 0.1) is 0 Å². The number of carboxylic acids is 1. The smallest absolute Gasteiger partial charge is 0.362 e. The fraction of sp³-hybridized carbons (Fsp3) is 0.792. The summed E-state index contributed by atoms with van der Waals surface area (Å²) >= 11 is 0. The van der Waals surface area contributed by atoms with E-state index in [2.05, 4.69) is 62.5 Å². The van der Waals surface area contributed by atoms with Crippen LogP contribution in [0.1, 0.15) is 219 Å². The Balaban J connectivity index is 4.26. The van der Waals surface area contributed by atoms with Gasteiger partial charge in [-0.25, -0.2) is 4.79 Å². The monoisotopic (exact) mass is 859 g/mol. The summed E-state index contributed by atoms with van der Waals surface area (Å²) in [4.78, 5) is 37.1. The molecule has 0 aromatic heterocycles. The quantitative estimate of drug-likeness (QED) is 0.0214. The number of allylic oxidation sites excluding steroid dienone is 8. The number of rotatable bonds is 45. The van der Waals surface area contributed by atoms with Crippen molar-refractivity contribution in [1.82, 2.24) is 0 Å². The zero-order valence-electron chi connectivity index (χ0n) is 40.4. The molecule has 2 unspecified atom stereocenters. The number of nitrogens with zero attached hydrogens (tertiary/aromatic N) is 1. The van der Waals surface area contributed by atoms with Crippen LogP contribution in [-0.4, -0.2) is 80.6 Å². The molecule has 0 aromatic carbocycles. The summed E-state index contributed by atoms with van der Waals surface area (Å²) in [6.45, 7) is 4.70. The first-order chi connectivity index (χ1) is 29.6. The Labute approximate surface area is 376 Å². The van der Waals surface area contributed by atoms with Gasteiger partial charge in [0.15, 0.2) is 12.1 Å². The third-order valence-corrected chi connectivity index (χ3v) is 11.2. The maximum atomic E-state index is 12.8. The summed E-state index contributed by atoms with van der Waals surface area (Å²) < 4.78 is 17.3. The van der Waals surface area contributed by atoms with E-state index in [0.29, 0.717) is 19.3 Å². The third kappa shape index (κ3) is 42.4. The normalized spacial score (nSPS) is 13.3. The Hall–Kier alpha value is -2.71. The summed E-state index contributed by atoms with van der Waals surface area (Å²) in [6, 6.07) is -0.619. The van der Waals surface area contributed by atoms with Gasteiger partial charge in [0.25, 0.3) is 0 Å². The van der Waals surface area contributed by atoms with Crippen molar-refractivity contribution in [3.05, 3.63) is 48.6 Å². The summed E-state index contributed by atoms with van der Waals surface area (Å²) in [5.41, 5.74) is 0. The highest BCUT2D eigenvalue weighted by Gasteiger charge is 2.31. The number of likely N-dealkylation sites (N-methyl/N-ethyl adjacent to an activating group) is 1. The first kappa shape index (κ1) is 58.3. The molecule has 0 bridgehead atoms. The molecule has 61 heavy (non-hydrogen) atoms. The van der Waals surface area contributed by atoms with Crippen molar-refractivity contribution in [3.63, 3.8) is 0 Å². The van der Waals surface area contributed by atoms with Crippen LogP contribution in [0.5, 0.6) is 0 Å². The molecule has 0 fully saturated rings. The molecular formula is C53H96NO7+. The van der Waals surface area contributed by atoms with Crippen LogP contribution in [-0.2, 0) is 28.6 Å². The number of aliphatic carboxylic acids is 1. The van der Waals surface area contributed by atoms with Crippen LogP contribution in [0.15, 0.2) is 48.6 Å². The average Bonchev–Trinajstić information content (AvgIpc) is 3.22. The van der Waals surface area contributed by atoms with Gasteiger partial charge >= 0.3 is 17.9 Å². The Morgan fingerprint density at radius 1 is 0.508 bits per heavy atom. The van der Waals surface area contributed by atoms with Gasteiger partial charge in [0, 0.05) is 19.3 Å². The van der Waals surface area contributed by atoms with Crippen LogP contribution in [0.2, 0.25) is 0 Å². The van der Waals surface area contributed by atoms with Gasteiger partial charge in [-0.2, -0.15) is 0 Å². The van der Waals surface area contributed by atoms with Crippen molar-refractivity contribution in [1.29, 1.82) is 0 Å². The minimum atomic E-state index is -0.878. The second-order valence-electron chi connectivity index (χ2n) is 18.1. The van der Waals surface area contributed by atoms with Gasteiger partial charge in [-0.05, 0) is 70.6 Å². The van der Waals surface area contributed by atoms with E-state index in [1.54, 1.807) is 0 Å². The molecule has 0 radical (unpaired) electrons. The largest absolute Gasteiger partial charge is 0.477 e. The molecule has 0 saturated carbocycles. The van der Waals surface area contributed by atoms with Gasteiger partial charge in [0.2, 0.25) is 0 Å². The van der Waals surface area contributed by atoms with Crippen molar-refractivity contribution < 1.29 is 38.2 Å². The number of carbonyl (C=O) groups excluding carboxylic acids is 2. The highest BCUT2D eigenvalue weighted by atomic mass is 16.6. The summed E-state index contributed by atoms with van der Waals surface area (Å²) in [6.07, 6.45) is 53.0. The molecular weight excluding hydrogens is 763 g/mol. The van der Waals surface area contributed by atoms with Gasteiger partial charge in [0.1, 0.15) is 6.61 Å². The maximum absolute atomic E-state index is 12.8. The van der Waals surface area contributed by atoms with E-state index in [0.717, 1.165) is 70.6 Å². The number of esters is 2. The Bertz CT molecular complexity index is 1140. The highest BCUT2D eigenvalue weighted by Crippen LogP contribution is 2.14. The molecule has 0 aliphatic carbocycles. The highest BCUT2D eigenvalue weighted by molar-refractivity contribution is 5.72. The fourth-order valence-corrected chi connectivity index (χ4v) is 7.29. The molecule has 2 atom stereocenters. The second-order valence-corrected chi connectivity index (χ2v) is 18.1. The van der Waals surface area contributed by atoms with Crippen LogP contribution in [0.3, 0.4) is 0 Å². The molecule has 0 aromatic rings. The molecule has 8 nitrogen and oxygen atoms in total. The lowest BCUT2D eigenvalue weighted by Gasteiger charge is -2.31. The van der Waals surface area contributed by atoms with E-state index in [1.165, 1.54) is 116 Å². The summed E-state index contributed by atoms with van der Waals surface area (Å²) in [7, 11) is 5.53. The van der Waals surface area contributed by atoms with Crippen molar-refractivity contribution in [2.75, 3.05) is 41.0 Å². The van der Waals surface area contributed by atoms with Gasteiger partial charge < -0.3 is 23.8 Å². The van der Waals surface area contributed by atoms with E-state index < -0.39 is 18.1 Å². The van der Waals surface area contributed by atoms with E-state index in [-0.39, 0.29) is 36.2 Å². The molecule has 1 N–H and O–H groups in total. The lowest BCUT2D eigenvalue weighted by molar-refractivity contribution is -0.887. The lowest BCUT2D eigenvalue weighted by atomic mass is 10.1. The van der Waals surface area contributed by atoms with Gasteiger partial charge in [-0.15, -0.1) is 0 Å². The van der Waals surface area contributed by atoms with E-state index in [9.17, 15) is 19.5 Å². The predicted octanol–water partition coefficient (Wildman–Crippen LogP) is 14.4. The molecule has 0 aliphatic rings. The fourth-order valence-electron chi connectivity index (χ4n) is 7.29. The minimum Gasteiger partial charge on any atom is -0.477 e. The molecule has 0 heterocycles. The molecule has 354 valence electrons. The average molecular weight is 859 g/mol. The number of unbranched alkanes of at least 4 members (excludes halogenated alkanes) is 24. The first-order valence-electron chi connectivity index (χ1n) is 25.2. The zero-order valence-corrected chi connectivity index (χ0v) is 40.4. The number of hydrogen-bond acceptors (Lipinski definition) is 6. The van der Waals surface area contributed by atoms with Crippen LogP contribution in [0.25, 0.3) is 0 Å². The number of ether oxygens (including phenoxy) is 3. The number of carbonyl (C=O) groups is 3. The van der Waals surface area contributed by atoms with E-state index in [1.807, 2.05) is 21.1 Å². The summed E-state index contributed by atoms with van der Waals surface area (Å²) in [5.74, 6) is -1.49. The zero-order chi connectivity index (χ0) is 44.9. The van der Waals surface area contributed by atoms with Gasteiger partial charge in [0.05, 0.1) is 34.4 Å². The molecule has 0 saturated heterocycles. The maximum Gasteiger partial charge on any atom is 0.362 e. The second kappa shape index (κ2) is 43.9. The lowest BCUT2D eigenvalue weighted by Crippen LogP contribution is -2.50. The van der Waals surface area contributed by atoms with Crippen molar-refractivity contribution >= 4 is 17.9 Å². The number of hydrogen-bond donors (Lipinski definition) is 1. The Morgan fingerprint density at radius 3 is 1.39 bits per heavy atom. The number of carboxylic acid groups (broad SMARTS) is 1. The first-order valence-corrected chi connectivity index (χ1v) is 25.2. The van der Waals surface area contributed by atoms with Crippen molar-refractivity contribution in [2.45, 2.75) is 231 Å². The third-order valence-electron chi connectivity index (χ3n) is 11.2. The summed E-state index contributed by atoms with van der Waals surface area (Å²) in [5, 5.41) is 9.64. The number of quaternary nitrogens is 1. The molecule has 0 amide bonds. The molecule has 0 spiro atoms. The molecule has 0 aliphatic heterocycles. The van der Waals surface area contributed by atoms with Gasteiger partial charge in [-0.3, -0.25) is 9.59 Å². The van der Waals surface area contributed by atoms with Crippen LogP contribution in [0.4, 0.5) is 0 Å². The van der Waals surface area contributed by atoms with Crippen molar-refractivity contribution in [3.8, 4) is 0 Å².